The molecular formula is C25H28N2O3. The summed E-state index contributed by atoms with van der Waals surface area (Å²) in [5.74, 6) is 1.65. The third-order valence-electron chi connectivity index (χ3n) is 5.91. The number of rotatable bonds is 6. The second-order valence-corrected chi connectivity index (χ2v) is 7.82. The number of carbonyl (C=O) groups is 1. The number of hydrogen-bond acceptors (Lipinski definition) is 4. The van der Waals surface area contributed by atoms with Crippen molar-refractivity contribution in [2.45, 2.75) is 26.8 Å². The van der Waals surface area contributed by atoms with E-state index in [2.05, 4.69) is 27.7 Å². The summed E-state index contributed by atoms with van der Waals surface area (Å²) >= 11 is 0. The number of ether oxygens (including phenoxy) is 2. The molecule has 0 saturated carbocycles. The highest BCUT2D eigenvalue weighted by molar-refractivity contribution is 5.99. The Morgan fingerprint density at radius 1 is 0.967 bits per heavy atom. The average molecular weight is 405 g/mol. The Labute approximate surface area is 177 Å². The van der Waals surface area contributed by atoms with Crippen LogP contribution in [0.25, 0.3) is 5.69 Å². The third-order valence-corrected chi connectivity index (χ3v) is 5.91. The van der Waals surface area contributed by atoms with E-state index < -0.39 is 0 Å². The average Bonchev–Trinajstić information content (AvgIpc) is 3.07. The van der Waals surface area contributed by atoms with Crippen LogP contribution in [0.4, 0.5) is 0 Å². The lowest BCUT2D eigenvalue weighted by Crippen LogP contribution is -2.35. The zero-order chi connectivity index (χ0) is 21.3. The molecule has 1 aliphatic rings. The van der Waals surface area contributed by atoms with E-state index in [0.717, 1.165) is 53.6 Å². The lowest BCUT2D eigenvalue weighted by molar-refractivity contribution is 0.0921. The first-order valence-electron chi connectivity index (χ1n) is 10.3. The highest BCUT2D eigenvalue weighted by Crippen LogP contribution is 2.33. The highest BCUT2D eigenvalue weighted by Gasteiger charge is 2.23. The highest BCUT2D eigenvalue weighted by atomic mass is 16.5. The van der Waals surface area contributed by atoms with Crippen molar-refractivity contribution < 1.29 is 14.3 Å². The summed E-state index contributed by atoms with van der Waals surface area (Å²) in [6.45, 7) is 6.07. The molecule has 0 spiro atoms. The van der Waals surface area contributed by atoms with E-state index >= 15 is 0 Å². The van der Waals surface area contributed by atoms with Crippen LogP contribution in [-0.2, 0) is 13.0 Å². The smallest absolute Gasteiger partial charge is 0.178 e. The van der Waals surface area contributed by atoms with Gasteiger partial charge in [-0.2, -0.15) is 0 Å². The van der Waals surface area contributed by atoms with Gasteiger partial charge < -0.3 is 14.0 Å². The van der Waals surface area contributed by atoms with Crippen LogP contribution >= 0.6 is 0 Å². The number of benzene rings is 2. The minimum atomic E-state index is 0.161. The second-order valence-electron chi connectivity index (χ2n) is 7.82. The number of aromatic nitrogens is 1. The molecule has 5 heteroatoms. The lowest BCUT2D eigenvalue weighted by atomic mass is 9.98. The molecule has 0 saturated heterocycles. The molecule has 0 radical (unpaired) electrons. The number of Topliss-reactive ketones (excluding diaryl/α,β-unsaturated/α-hetero) is 1. The van der Waals surface area contributed by atoms with Crippen LogP contribution in [0.15, 0.2) is 48.5 Å². The van der Waals surface area contributed by atoms with Crippen molar-refractivity contribution in [1.29, 1.82) is 0 Å². The maximum Gasteiger partial charge on any atom is 0.178 e. The molecule has 156 valence electrons. The molecule has 1 aromatic heterocycles. The van der Waals surface area contributed by atoms with Crippen LogP contribution in [0.5, 0.6) is 11.5 Å². The Hall–Kier alpha value is -3.05. The maximum atomic E-state index is 13.2. The predicted octanol–water partition coefficient (Wildman–Crippen LogP) is 4.35. The fourth-order valence-electron chi connectivity index (χ4n) is 4.38. The first-order valence-corrected chi connectivity index (χ1v) is 10.3. The van der Waals surface area contributed by atoms with Crippen molar-refractivity contribution in [2.75, 3.05) is 27.3 Å². The van der Waals surface area contributed by atoms with Crippen molar-refractivity contribution in [3.63, 3.8) is 0 Å². The van der Waals surface area contributed by atoms with E-state index in [1.807, 2.05) is 44.2 Å². The second kappa shape index (κ2) is 8.36. The van der Waals surface area contributed by atoms with Gasteiger partial charge in [0.25, 0.3) is 0 Å². The summed E-state index contributed by atoms with van der Waals surface area (Å²) in [7, 11) is 3.31. The summed E-state index contributed by atoms with van der Waals surface area (Å²) < 4.78 is 13.0. The number of hydrogen-bond donors (Lipinski definition) is 0. The lowest BCUT2D eigenvalue weighted by Gasteiger charge is -2.29. The zero-order valence-electron chi connectivity index (χ0n) is 18.1. The molecule has 0 amide bonds. The topological polar surface area (TPSA) is 43.7 Å². The van der Waals surface area contributed by atoms with Crippen LogP contribution < -0.4 is 9.47 Å². The molecule has 2 heterocycles. The van der Waals surface area contributed by atoms with E-state index in [4.69, 9.17) is 9.47 Å². The van der Waals surface area contributed by atoms with Gasteiger partial charge in [-0.1, -0.05) is 18.2 Å². The summed E-state index contributed by atoms with van der Waals surface area (Å²) in [5, 5.41) is 0. The van der Waals surface area contributed by atoms with Gasteiger partial charge in [0, 0.05) is 35.7 Å². The van der Waals surface area contributed by atoms with Gasteiger partial charge in [-0.05, 0) is 61.7 Å². The van der Waals surface area contributed by atoms with Gasteiger partial charge in [-0.15, -0.1) is 0 Å². The van der Waals surface area contributed by atoms with Crippen molar-refractivity contribution in [1.82, 2.24) is 9.47 Å². The minimum Gasteiger partial charge on any atom is -0.493 e. The summed E-state index contributed by atoms with van der Waals surface area (Å²) in [6.07, 6.45) is 0.895. The van der Waals surface area contributed by atoms with Gasteiger partial charge in [0.2, 0.25) is 0 Å². The van der Waals surface area contributed by atoms with Crippen molar-refractivity contribution in [2.24, 2.45) is 0 Å². The van der Waals surface area contributed by atoms with Crippen LogP contribution in [0, 0.1) is 13.8 Å². The zero-order valence-corrected chi connectivity index (χ0v) is 18.1. The van der Waals surface area contributed by atoms with Gasteiger partial charge in [-0.3, -0.25) is 9.69 Å². The molecule has 3 aromatic rings. The molecule has 0 aliphatic carbocycles. The molecular weight excluding hydrogens is 376 g/mol. The van der Waals surface area contributed by atoms with Crippen LogP contribution in [0.2, 0.25) is 0 Å². The van der Waals surface area contributed by atoms with E-state index in [1.54, 1.807) is 14.2 Å². The van der Waals surface area contributed by atoms with E-state index in [-0.39, 0.29) is 5.78 Å². The molecule has 0 fully saturated rings. The molecule has 1 aliphatic heterocycles. The summed E-state index contributed by atoms with van der Waals surface area (Å²) in [5.41, 5.74) is 6.41. The fraction of sp³-hybridized carbons (Fsp3) is 0.320. The van der Waals surface area contributed by atoms with E-state index in [0.29, 0.717) is 6.54 Å². The first kappa shape index (κ1) is 20.2. The van der Waals surface area contributed by atoms with Crippen molar-refractivity contribution >= 4 is 5.78 Å². The Morgan fingerprint density at radius 2 is 1.63 bits per heavy atom. The van der Waals surface area contributed by atoms with Crippen LogP contribution in [0.3, 0.4) is 0 Å². The SMILES string of the molecule is COc1cc2c(cc1OC)CN(CC(=O)c1cc(C)n(-c3ccccc3)c1C)CC2. The van der Waals surface area contributed by atoms with E-state index in [1.165, 1.54) is 11.1 Å². The number of para-hydroxylation sites is 1. The monoisotopic (exact) mass is 404 g/mol. The quantitative estimate of drug-likeness (QED) is 0.573. The first-order chi connectivity index (χ1) is 14.5. The number of carbonyl (C=O) groups excluding carboxylic acids is 1. The standard InChI is InChI=1S/C25H28N2O3/c1-17-12-22(18(2)27(17)21-8-6-5-7-9-21)23(28)16-26-11-10-19-13-24(29-3)25(30-4)14-20(19)15-26/h5-9,12-14H,10-11,15-16H2,1-4H3. The predicted molar refractivity (Wildman–Crippen MR) is 118 cm³/mol. The normalized spacial score (nSPS) is 13.7. The molecule has 2 aromatic carbocycles. The van der Waals surface area contributed by atoms with Crippen LogP contribution in [-0.4, -0.2) is 42.6 Å². The molecule has 0 bridgehead atoms. The van der Waals surface area contributed by atoms with Gasteiger partial charge in [0.05, 0.1) is 20.8 Å². The number of methoxy groups -OCH3 is 2. The number of nitrogens with zero attached hydrogens (tertiary/aromatic N) is 2. The molecule has 0 atom stereocenters. The largest absolute Gasteiger partial charge is 0.493 e. The number of fused-ring (bicyclic) bond motifs is 1. The summed E-state index contributed by atoms with van der Waals surface area (Å²) in [4.78, 5) is 15.4. The van der Waals surface area contributed by atoms with Gasteiger partial charge in [0.1, 0.15) is 0 Å². The number of aryl methyl sites for hydroxylation is 1. The van der Waals surface area contributed by atoms with Gasteiger partial charge >= 0.3 is 0 Å². The van der Waals surface area contributed by atoms with Crippen LogP contribution in [0.1, 0.15) is 32.9 Å². The Kier molecular flexibility index (Phi) is 5.64. The van der Waals surface area contributed by atoms with Crippen molar-refractivity contribution in [3.05, 3.63) is 76.6 Å². The maximum absolute atomic E-state index is 13.2. The minimum absolute atomic E-state index is 0.161. The molecule has 0 unspecified atom stereocenters. The fourth-order valence-corrected chi connectivity index (χ4v) is 4.38. The molecule has 4 rings (SSSR count). The van der Waals surface area contributed by atoms with Crippen molar-refractivity contribution in [3.8, 4) is 17.2 Å². The molecule has 5 nitrogen and oxygen atoms in total. The van der Waals surface area contributed by atoms with E-state index in [9.17, 15) is 4.79 Å². The number of ketones is 1. The molecule has 0 N–H and O–H groups in total. The van der Waals surface area contributed by atoms with Gasteiger partial charge in [0.15, 0.2) is 17.3 Å². The Balaban J connectivity index is 1.53. The van der Waals surface area contributed by atoms with Gasteiger partial charge in [-0.25, -0.2) is 0 Å². The Morgan fingerprint density at radius 3 is 2.30 bits per heavy atom. The Bertz CT molecular complexity index is 1070. The molecule has 30 heavy (non-hydrogen) atoms. The summed E-state index contributed by atoms with van der Waals surface area (Å²) in [6, 6.07) is 16.3. The third kappa shape index (κ3) is 3.73.